The molecule has 1 atom stereocenters. The number of fused-ring (bicyclic) bond motifs is 1. The van der Waals surface area contributed by atoms with E-state index < -0.39 is 0 Å². The molecule has 0 saturated carbocycles. The van der Waals surface area contributed by atoms with E-state index >= 15 is 0 Å². The highest BCUT2D eigenvalue weighted by Gasteiger charge is 2.21. The molecule has 0 N–H and O–H groups in total. The third kappa shape index (κ3) is 4.81. The first-order valence-electron chi connectivity index (χ1n) is 9.79. The number of hydrogen-bond acceptors (Lipinski definition) is 5. The van der Waals surface area contributed by atoms with Crippen LogP contribution in [0.5, 0.6) is 5.75 Å². The highest BCUT2D eigenvalue weighted by atomic mass is 35.5. The quantitative estimate of drug-likeness (QED) is 0.565. The van der Waals surface area contributed by atoms with Crippen LogP contribution >= 0.6 is 11.6 Å². The van der Waals surface area contributed by atoms with Crippen molar-refractivity contribution >= 4 is 22.6 Å². The summed E-state index contributed by atoms with van der Waals surface area (Å²) in [5.74, 6) is 0.825. The van der Waals surface area contributed by atoms with Gasteiger partial charge in [-0.2, -0.15) is 0 Å². The normalized spacial score (nSPS) is 16.6. The smallest absolute Gasteiger partial charge is 0.197 e. The van der Waals surface area contributed by atoms with E-state index in [1.54, 1.807) is 31.6 Å². The molecule has 3 aromatic rings. The monoisotopic (exact) mass is 413 g/mol. The summed E-state index contributed by atoms with van der Waals surface area (Å²) in [6.45, 7) is 2.75. The van der Waals surface area contributed by atoms with Gasteiger partial charge in [0.2, 0.25) is 0 Å². The molecule has 1 unspecified atom stereocenters. The van der Waals surface area contributed by atoms with Crippen LogP contribution in [-0.2, 0) is 17.8 Å². The summed E-state index contributed by atoms with van der Waals surface area (Å²) >= 11 is 6.08. The van der Waals surface area contributed by atoms with Crippen LogP contribution in [0.2, 0.25) is 5.02 Å². The number of nitrogens with zero attached hydrogens (tertiary/aromatic N) is 1. The van der Waals surface area contributed by atoms with E-state index in [1.165, 1.54) is 0 Å². The summed E-state index contributed by atoms with van der Waals surface area (Å²) < 4.78 is 16.8. The van der Waals surface area contributed by atoms with Crippen molar-refractivity contribution in [1.29, 1.82) is 0 Å². The van der Waals surface area contributed by atoms with Crippen LogP contribution in [-0.4, -0.2) is 31.3 Å². The molecule has 0 bridgehead atoms. The largest absolute Gasteiger partial charge is 0.497 e. The zero-order valence-electron chi connectivity index (χ0n) is 16.4. The molecule has 29 heavy (non-hydrogen) atoms. The van der Waals surface area contributed by atoms with Crippen LogP contribution in [0.1, 0.15) is 24.0 Å². The van der Waals surface area contributed by atoms with Gasteiger partial charge in [-0.3, -0.25) is 9.69 Å². The first-order valence-corrected chi connectivity index (χ1v) is 10.2. The lowest BCUT2D eigenvalue weighted by Gasteiger charge is -2.25. The predicted octanol–water partition coefficient (Wildman–Crippen LogP) is 4.64. The summed E-state index contributed by atoms with van der Waals surface area (Å²) in [4.78, 5) is 15.2. The van der Waals surface area contributed by atoms with E-state index in [0.717, 1.165) is 37.3 Å². The number of benzene rings is 2. The molecule has 0 amide bonds. The fourth-order valence-electron chi connectivity index (χ4n) is 3.74. The molecule has 1 fully saturated rings. The van der Waals surface area contributed by atoms with Crippen molar-refractivity contribution in [1.82, 2.24) is 4.90 Å². The lowest BCUT2D eigenvalue weighted by Crippen LogP contribution is -2.33. The molecule has 5 nitrogen and oxygen atoms in total. The Bertz CT molecular complexity index is 1030. The van der Waals surface area contributed by atoms with Crippen LogP contribution in [0.25, 0.3) is 11.0 Å². The molecule has 6 heteroatoms. The first-order chi connectivity index (χ1) is 14.1. The van der Waals surface area contributed by atoms with E-state index in [4.69, 9.17) is 25.5 Å². The van der Waals surface area contributed by atoms with Crippen LogP contribution < -0.4 is 10.2 Å². The van der Waals surface area contributed by atoms with Crippen molar-refractivity contribution in [3.8, 4) is 5.75 Å². The maximum Gasteiger partial charge on any atom is 0.197 e. The standard InChI is InChI=1S/C23H24ClNO4/c1-27-19-7-4-16(5-8-19)12-25(14-20-3-2-10-28-20)13-17-15-29-22-9-6-18(24)11-21(22)23(17)26/h4-9,11,15,20H,2-3,10,12-14H2,1H3. The molecule has 4 rings (SSSR count). The van der Waals surface area contributed by atoms with E-state index in [1.807, 2.05) is 24.3 Å². The summed E-state index contributed by atoms with van der Waals surface area (Å²) in [6, 6.07) is 13.1. The molecule has 0 aliphatic carbocycles. The summed E-state index contributed by atoms with van der Waals surface area (Å²) in [5.41, 5.74) is 2.27. The minimum absolute atomic E-state index is 0.0409. The number of hydrogen-bond donors (Lipinski definition) is 0. The van der Waals surface area contributed by atoms with Gasteiger partial charge in [-0.25, -0.2) is 0 Å². The zero-order chi connectivity index (χ0) is 20.2. The summed E-state index contributed by atoms with van der Waals surface area (Å²) in [5, 5.41) is 1.04. The van der Waals surface area contributed by atoms with Crippen molar-refractivity contribution in [2.24, 2.45) is 0 Å². The van der Waals surface area contributed by atoms with Crippen LogP contribution in [0.3, 0.4) is 0 Å². The number of methoxy groups -OCH3 is 1. The molecular weight excluding hydrogens is 390 g/mol. The third-order valence-corrected chi connectivity index (χ3v) is 5.49. The van der Waals surface area contributed by atoms with E-state index in [9.17, 15) is 4.79 Å². The molecule has 152 valence electrons. The Kier molecular flexibility index (Phi) is 6.19. The minimum Gasteiger partial charge on any atom is -0.497 e. The van der Waals surface area contributed by atoms with E-state index in [-0.39, 0.29) is 11.5 Å². The topological polar surface area (TPSA) is 51.9 Å². The Balaban J connectivity index is 1.59. The Morgan fingerprint density at radius 2 is 2.00 bits per heavy atom. The minimum atomic E-state index is -0.0409. The van der Waals surface area contributed by atoms with Gasteiger partial charge in [-0.1, -0.05) is 23.7 Å². The second-order valence-electron chi connectivity index (χ2n) is 7.38. The van der Waals surface area contributed by atoms with Gasteiger partial charge in [0.25, 0.3) is 0 Å². The van der Waals surface area contributed by atoms with Crippen LogP contribution in [0, 0.1) is 0 Å². The van der Waals surface area contributed by atoms with Crippen molar-refractivity contribution in [3.05, 3.63) is 75.1 Å². The second kappa shape index (κ2) is 8.99. The molecule has 0 radical (unpaired) electrons. The summed E-state index contributed by atoms with van der Waals surface area (Å²) in [7, 11) is 1.66. The molecule has 0 spiro atoms. The number of halogens is 1. The third-order valence-electron chi connectivity index (χ3n) is 5.25. The molecule has 2 aromatic carbocycles. The van der Waals surface area contributed by atoms with E-state index in [0.29, 0.717) is 34.6 Å². The summed E-state index contributed by atoms with van der Waals surface area (Å²) in [6.07, 6.45) is 3.88. The van der Waals surface area contributed by atoms with Gasteiger partial charge in [0.1, 0.15) is 11.3 Å². The molecule has 1 aliphatic rings. The Morgan fingerprint density at radius 1 is 1.17 bits per heavy atom. The predicted molar refractivity (Wildman–Crippen MR) is 114 cm³/mol. The van der Waals surface area contributed by atoms with Gasteiger partial charge in [0.15, 0.2) is 5.43 Å². The Hall–Kier alpha value is -2.34. The zero-order valence-corrected chi connectivity index (χ0v) is 17.2. The molecule has 1 aliphatic heterocycles. The highest BCUT2D eigenvalue weighted by molar-refractivity contribution is 6.31. The molecular formula is C23H24ClNO4. The first kappa shape index (κ1) is 20.0. The van der Waals surface area contributed by atoms with Crippen molar-refractivity contribution in [3.63, 3.8) is 0 Å². The Labute approximate surface area is 174 Å². The van der Waals surface area contributed by atoms with Gasteiger partial charge in [0, 0.05) is 36.8 Å². The second-order valence-corrected chi connectivity index (χ2v) is 7.82. The maximum absolute atomic E-state index is 13.0. The number of rotatable bonds is 7. The average Bonchev–Trinajstić information content (AvgIpc) is 3.24. The van der Waals surface area contributed by atoms with Gasteiger partial charge in [-0.15, -0.1) is 0 Å². The van der Waals surface area contributed by atoms with E-state index in [2.05, 4.69) is 4.90 Å². The molecule has 2 heterocycles. The molecule has 1 saturated heterocycles. The highest BCUT2D eigenvalue weighted by Crippen LogP contribution is 2.20. The van der Waals surface area contributed by atoms with Crippen molar-refractivity contribution < 1.29 is 13.9 Å². The van der Waals surface area contributed by atoms with Gasteiger partial charge in [-0.05, 0) is 48.7 Å². The van der Waals surface area contributed by atoms with Gasteiger partial charge < -0.3 is 13.9 Å². The SMILES string of the molecule is COc1ccc(CN(Cc2coc3ccc(Cl)cc3c2=O)CC2CCCO2)cc1. The Morgan fingerprint density at radius 3 is 2.72 bits per heavy atom. The lowest BCUT2D eigenvalue weighted by atomic mass is 10.1. The van der Waals surface area contributed by atoms with Crippen molar-refractivity contribution in [2.45, 2.75) is 32.0 Å². The average molecular weight is 414 g/mol. The lowest BCUT2D eigenvalue weighted by molar-refractivity contribution is 0.0676. The fourth-order valence-corrected chi connectivity index (χ4v) is 3.92. The van der Waals surface area contributed by atoms with Gasteiger partial charge >= 0.3 is 0 Å². The number of ether oxygens (including phenoxy) is 2. The maximum atomic E-state index is 13.0. The van der Waals surface area contributed by atoms with Crippen molar-refractivity contribution in [2.75, 3.05) is 20.3 Å². The van der Waals surface area contributed by atoms with Crippen LogP contribution in [0.4, 0.5) is 0 Å². The fraction of sp³-hybridized carbons (Fsp3) is 0.348. The molecule has 1 aromatic heterocycles. The van der Waals surface area contributed by atoms with Crippen LogP contribution in [0.15, 0.2) is 57.9 Å². The van der Waals surface area contributed by atoms with Gasteiger partial charge in [0.05, 0.1) is 24.9 Å².